The number of nitrogens with zero attached hydrogens (tertiary/aromatic N) is 6. The summed E-state index contributed by atoms with van der Waals surface area (Å²) in [5.41, 5.74) is 6.14. The number of aromatic nitrogens is 5. The maximum atomic E-state index is 5.95. The molecule has 0 aliphatic carbocycles. The van der Waals surface area contributed by atoms with Gasteiger partial charge < -0.3 is 4.74 Å². The molecule has 1 saturated heterocycles. The van der Waals surface area contributed by atoms with E-state index in [2.05, 4.69) is 31.9 Å². The zero-order valence-corrected chi connectivity index (χ0v) is 15.7. The normalized spacial score (nSPS) is 18.5. The minimum atomic E-state index is -0.0966. The average Bonchev–Trinajstić information content (AvgIpc) is 2.97. The number of hydrogen-bond donors (Lipinski definition) is 0. The average molecular weight is 352 g/mol. The Bertz CT molecular complexity index is 930. The second-order valence-electron chi connectivity index (χ2n) is 7.05. The third-order valence-electron chi connectivity index (χ3n) is 4.68. The van der Waals surface area contributed by atoms with E-state index < -0.39 is 0 Å². The summed E-state index contributed by atoms with van der Waals surface area (Å²) in [6.07, 6.45) is 1.83. The standard InChI is InChI=1S/C19H24N6O/c1-12-7-13(2)22-18(21-12)17-11-24(5-6-26-17)10-16-9-20-25-15(4)8-14(3)23-19(16)25/h7-9,17H,5-6,10-11H2,1-4H3. The minimum absolute atomic E-state index is 0.0966. The van der Waals surface area contributed by atoms with Crippen LogP contribution < -0.4 is 0 Å². The van der Waals surface area contributed by atoms with Crippen LogP contribution >= 0.6 is 0 Å². The van der Waals surface area contributed by atoms with E-state index in [-0.39, 0.29) is 6.10 Å². The Morgan fingerprint density at radius 1 is 1.04 bits per heavy atom. The van der Waals surface area contributed by atoms with Gasteiger partial charge in [0, 0.05) is 48.0 Å². The van der Waals surface area contributed by atoms with Crippen molar-refractivity contribution in [1.29, 1.82) is 0 Å². The molecule has 26 heavy (non-hydrogen) atoms. The molecule has 1 aliphatic heterocycles. The first-order valence-electron chi connectivity index (χ1n) is 8.96. The molecule has 0 spiro atoms. The molecule has 4 rings (SSSR count). The molecule has 0 bridgehead atoms. The predicted octanol–water partition coefficient (Wildman–Crippen LogP) is 2.33. The van der Waals surface area contributed by atoms with Crippen LogP contribution in [-0.2, 0) is 11.3 Å². The molecule has 0 N–H and O–H groups in total. The van der Waals surface area contributed by atoms with Crippen molar-refractivity contribution in [2.24, 2.45) is 0 Å². The zero-order valence-electron chi connectivity index (χ0n) is 15.7. The van der Waals surface area contributed by atoms with Gasteiger partial charge in [0.25, 0.3) is 0 Å². The van der Waals surface area contributed by atoms with Crippen molar-refractivity contribution >= 4 is 5.65 Å². The summed E-state index contributed by atoms with van der Waals surface area (Å²) in [5, 5.41) is 4.50. The fraction of sp³-hybridized carbons (Fsp3) is 0.474. The molecule has 0 amide bonds. The van der Waals surface area contributed by atoms with Crippen LogP contribution in [0.15, 0.2) is 18.3 Å². The molecule has 7 heteroatoms. The summed E-state index contributed by atoms with van der Waals surface area (Å²) in [6, 6.07) is 4.03. The lowest BCUT2D eigenvalue weighted by molar-refractivity contribution is -0.0372. The lowest BCUT2D eigenvalue weighted by Crippen LogP contribution is -2.38. The Labute approximate surface area is 153 Å². The van der Waals surface area contributed by atoms with Crippen LogP contribution in [-0.4, -0.2) is 49.2 Å². The molecular formula is C19H24N6O. The number of morpholine rings is 1. The molecule has 0 aromatic carbocycles. The molecular weight excluding hydrogens is 328 g/mol. The van der Waals surface area contributed by atoms with Gasteiger partial charge in [-0.2, -0.15) is 5.10 Å². The van der Waals surface area contributed by atoms with E-state index in [1.54, 1.807) is 0 Å². The summed E-state index contributed by atoms with van der Waals surface area (Å²) in [4.78, 5) is 16.2. The summed E-state index contributed by atoms with van der Waals surface area (Å²) in [7, 11) is 0. The maximum Gasteiger partial charge on any atom is 0.159 e. The predicted molar refractivity (Wildman–Crippen MR) is 97.9 cm³/mol. The van der Waals surface area contributed by atoms with Gasteiger partial charge in [-0.15, -0.1) is 0 Å². The van der Waals surface area contributed by atoms with Gasteiger partial charge in [0.1, 0.15) is 6.10 Å². The van der Waals surface area contributed by atoms with Crippen LogP contribution in [0.5, 0.6) is 0 Å². The molecule has 0 radical (unpaired) electrons. The summed E-state index contributed by atoms with van der Waals surface area (Å²) < 4.78 is 7.86. The second kappa shape index (κ2) is 6.74. The van der Waals surface area contributed by atoms with Crippen molar-refractivity contribution in [2.45, 2.75) is 40.3 Å². The second-order valence-corrected chi connectivity index (χ2v) is 7.05. The van der Waals surface area contributed by atoms with Crippen LogP contribution in [0, 0.1) is 27.7 Å². The van der Waals surface area contributed by atoms with Crippen LogP contribution in [0.25, 0.3) is 5.65 Å². The Kier molecular flexibility index (Phi) is 4.42. The molecule has 7 nitrogen and oxygen atoms in total. The van der Waals surface area contributed by atoms with Gasteiger partial charge in [0.2, 0.25) is 0 Å². The quantitative estimate of drug-likeness (QED) is 0.721. The maximum absolute atomic E-state index is 5.95. The molecule has 1 atom stereocenters. The highest BCUT2D eigenvalue weighted by Crippen LogP contribution is 2.22. The van der Waals surface area contributed by atoms with Gasteiger partial charge in [-0.25, -0.2) is 19.5 Å². The first kappa shape index (κ1) is 17.1. The Morgan fingerprint density at radius 3 is 2.54 bits per heavy atom. The monoisotopic (exact) mass is 352 g/mol. The van der Waals surface area contributed by atoms with Crippen molar-refractivity contribution in [2.75, 3.05) is 19.7 Å². The Morgan fingerprint density at radius 2 is 1.77 bits per heavy atom. The third-order valence-corrected chi connectivity index (χ3v) is 4.68. The highest BCUT2D eigenvalue weighted by atomic mass is 16.5. The van der Waals surface area contributed by atoms with E-state index in [1.807, 2.05) is 43.6 Å². The highest BCUT2D eigenvalue weighted by Gasteiger charge is 2.25. The Balaban J connectivity index is 1.56. The van der Waals surface area contributed by atoms with Crippen molar-refractivity contribution in [3.05, 3.63) is 52.5 Å². The Hall–Kier alpha value is -2.38. The third kappa shape index (κ3) is 3.32. The van der Waals surface area contributed by atoms with E-state index in [9.17, 15) is 0 Å². The molecule has 4 heterocycles. The van der Waals surface area contributed by atoms with Crippen LogP contribution in [0.2, 0.25) is 0 Å². The number of hydrogen-bond acceptors (Lipinski definition) is 6. The molecule has 3 aromatic rings. The number of fused-ring (bicyclic) bond motifs is 1. The highest BCUT2D eigenvalue weighted by molar-refractivity contribution is 5.47. The van der Waals surface area contributed by atoms with Crippen LogP contribution in [0.4, 0.5) is 0 Å². The van der Waals surface area contributed by atoms with E-state index in [4.69, 9.17) is 4.74 Å². The molecule has 3 aromatic heterocycles. The summed E-state index contributed by atoms with van der Waals surface area (Å²) in [6.45, 7) is 11.2. The summed E-state index contributed by atoms with van der Waals surface area (Å²) in [5.74, 6) is 0.775. The minimum Gasteiger partial charge on any atom is -0.368 e. The molecule has 1 aliphatic rings. The molecule has 1 fully saturated rings. The summed E-state index contributed by atoms with van der Waals surface area (Å²) >= 11 is 0. The molecule has 136 valence electrons. The van der Waals surface area contributed by atoms with Crippen molar-refractivity contribution in [3.8, 4) is 0 Å². The van der Waals surface area contributed by atoms with Gasteiger partial charge in [-0.1, -0.05) is 0 Å². The lowest BCUT2D eigenvalue weighted by Gasteiger charge is -2.32. The number of aryl methyl sites for hydroxylation is 4. The van der Waals surface area contributed by atoms with Crippen molar-refractivity contribution in [1.82, 2.24) is 29.5 Å². The van der Waals surface area contributed by atoms with Gasteiger partial charge in [0.05, 0.1) is 12.8 Å². The van der Waals surface area contributed by atoms with Gasteiger partial charge >= 0.3 is 0 Å². The largest absolute Gasteiger partial charge is 0.368 e. The molecule has 0 saturated carbocycles. The zero-order chi connectivity index (χ0) is 18.3. The first-order chi connectivity index (χ1) is 12.5. The van der Waals surface area contributed by atoms with Crippen LogP contribution in [0.3, 0.4) is 0 Å². The molecule has 1 unspecified atom stereocenters. The first-order valence-corrected chi connectivity index (χ1v) is 8.96. The topological polar surface area (TPSA) is 68.4 Å². The smallest absolute Gasteiger partial charge is 0.159 e. The SMILES string of the molecule is Cc1cc(C)nc(C2CN(Cc3cnn4c(C)cc(C)nc34)CCO2)n1. The van der Waals surface area contributed by atoms with E-state index >= 15 is 0 Å². The van der Waals surface area contributed by atoms with E-state index in [0.29, 0.717) is 6.61 Å². The lowest BCUT2D eigenvalue weighted by atomic mass is 10.2. The number of rotatable bonds is 3. The fourth-order valence-corrected chi connectivity index (χ4v) is 3.57. The fourth-order valence-electron chi connectivity index (χ4n) is 3.57. The van der Waals surface area contributed by atoms with Gasteiger partial charge in [0.15, 0.2) is 11.5 Å². The van der Waals surface area contributed by atoms with Gasteiger partial charge in [-0.05, 0) is 39.8 Å². The van der Waals surface area contributed by atoms with E-state index in [1.165, 1.54) is 0 Å². The van der Waals surface area contributed by atoms with Crippen LogP contribution in [0.1, 0.15) is 40.3 Å². The van der Waals surface area contributed by atoms with Crippen molar-refractivity contribution < 1.29 is 4.74 Å². The van der Waals surface area contributed by atoms with Gasteiger partial charge in [-0.3, -0.25) is 4.90 Å². The van der Waals surface area contributed by atoms with Crippen molar-refractivity contribution in [3.63, 3.8) is 0 Å². The number of ether oxygens (including phenoxy) is 1. The van der Waals surface area contributed by atoms with E-state index in [0.717, 1.165) is 59.4 Å².